The summed E-state index contributed by atoms with van der Waals surface area (Å²) in [5.74, 6) is -0.905. The summed E-state index contributed by atoms with van der Waals surface area (Å²) in [7, 11) is 0. The topological polar surface area (TPSA) is 50.2 Å². The van der Waals surface area contributed by atoms with Crippen LogP contribution < -0.4 is 0 Å². The van der Waals surface area contributed by atoms with Crippen LogP contribution in [0.3, 0.4) is 0 Å². The fraction of sp³-hybridized carbons (Fsp3) is 0.0769. The minimum Gasteiger partial charge on any atom is -0.477 e. The second-order valence-electron chi connectivity index (χ2n) is 3.89. The van der Waals surface area contributed by atoms with Gasteiger partial charge in [-0.25, -0.2) is 9.78 Å². The molecule has 0 spiro atoms. The van der Waals surface area contributed by atoms with Crippen molar-refractivity contribution in [1.29, 1.82) is 0 Å². The van der Waals surface area contributed by atoms with Crippen molar-refractivity contribution >= 4 is 38.7 Å². The van der Waals surface area contributed by atoms with Gasteiger partial charge in [0, 0.05) is 4.70 Å². The van der Waals surface area contributed by atoms with Gasteiger partial charge in [0.05, 0.1) is 10.6 Å². The summed E-state index contributed by atoms with van der Waals surface area (Å²) in [5.41, 5.74) is 0.583. The molecule has 0 atom stereocenters. The van der Waals surface area contributed by atoms with Crippen molar-refractivity contribution in [2.24, 2.45) is 0 Å². The van der Waals surface area contributed by atoms with Gasteiger partial charge in [0.2, 0.25) is 0 Å². The van der Waals surface area contributed by atoms with E-state index in [1.165, 1.54) is 21.4 Å². The number of thiazole rings is 1. The number of nitrogens with zero attached hydrogens (tertiary/aromatic N) is 1. The van der Waals surface area contributed by atoms with Crippen LogP contribution in [0.5, 0.6) is 0 Å². The second-order valence-corrected chi connectivity index (χ2v) is 5.97. The summed E-state index contributed by atoms with van der Waals surface area (Å²) in [6.07, 6.45) is 0. The lowest BCUT2D eigenvalue weighted by Crippen LogP contribution is -1.94. The number of fused-ring (bicyclic) bond motifs is 1. The predicted molar refractivity (Wildman–Crippen MR) is 74.6 cm³/mol. The van der Waals surface area contributed by atoms with Crippen molar-refractivity contribution in [3.05, 3.63) is 40.9 Å². The Balaban J connectivity index is 2.14. The van der Waals surface area contributed by atoms with Crippen LogP contribution in [0.2, 0.25) is 0 Å². The van der Waals surface area contributed by atoms with E-state index in [0.29, 0.717) is 10.6 Å². The Morgan fingerprint density at radius 1 is 1.28 bits per heavy atom. The van der Waals surface area contributed by atoms with Crippen molar-refractivity contribution in [2.75, 3.05) is 0 Å². The molecular formula is C13H9NO2S2. The number of carbonyl (C=O) groups is 1. The summed E-state index contributed by atoms with van der Waals surface area (Å²) in [4.78, 5) is 16.7. The molecule has 2 heterocycles. The number of carboxylic acid groups (broad SMARTS) is 1. The summed E-state index contributed by atoms with van der Waals surface area (Å²) in [5, 5.41) is 11.0. The minimum absolute atomic E-state index is 0.322. The zero-order valence-corrected chi connectivity index (χ0v) is 11.1. The molecule has 0 amide bonds. The smallest absolute Gasteiger partial charge is 0.347 e. The Morgan fingerprint density at radius 2 is 2.06 bits per heavy atom. The van der Waals surface area contributed by atoms with E-state index in [1.807, 2.05) is 18.2 Å². The van der Waals surface area contributed by atoms with Crippen molar-refractivity contribution in [1.82, 2.24) is 4.98 Å². The van der Waals surface area contributed by atoms with Crippen LogP contribution in [0, 0.1) is 6.92 Å². The molecule has 0 unspecified atom stereocenters. The number of aryl methyl sites for hydroxylation is 1. The lowest BCUT2D eigenvalue weighted by atomic mass is 10.2. The number of hydrogen-bond donors (Lipinski definition) is 1. The molecule has 0 saturated heterocycles. The average molecular weight is 275 g/mol. The summed E-state index contributed by atoms with van der Waals surface area (Å²) in [6, 6.07) is 10.2. The molecule has 0 radical (unpaired) electrons. The lowest BCUT2D eigenvalue weighted by molar-refractivity contribution is 0.0701. The van der Waals surface area contributed by atoms with Crippen LogP contribution in [-0.2, 0) is 0 Å². The number of thiophene rings is 1. The first kappa shape index (κ1) is 11.4. The van der Waals surface area contributed by atoms with E-state index < -0.39 is 5.97 Å². The monoisotopic (exact) mass is 275 g/mol. The van der Waals surface area contributed by atoms with E-state index in [1.54, 1.807) is 18.3 Å². The van der Waals surface area contributed by atoms with Gasteiger partial charge in [-0.05, 0) is 24.4 Å². The van der Waals surface area contributed by atoms with Crippen LogP contribution in [-0.4, -0.2) is 16.1 Å². The highest BCUT2D eigenvalue weighted by Gasteiger charge is 2.16. The van der Waals surface area contributed by atoms with Crippen LogP contribution in [0.15, 0.2) is 30.3 Å². The summed E-state index contributed by atoms with van der Waals surface area (Å²) >= 11 is 2.87. The number of rotatable bonds is 2. The lowest BCUT2D eigenvalue weighted by Gasteiger charge is -1.85. The number of aromatic nitrogens is 1. The third kappa shape index (κ3) is 1.81. The minimum atomic E-state index is -0.905. The molecule has 5 heteroatoms. The first-order valence-corrected chi connectivity index (χ1v) is 6.98. The molecule has 3 rings (SSSR count). The third-order valence-corrected chi connectivity index (χ3v) is 5.06. The molecule has 18 heavy (non-hydrogen) atoms. The highest BCUT2D eigenvalue weighted by atomic mass is 32.1. The van der Waals surface area contributed by atoms with Crippen molar-refractivity contribution in [3.8, 4) is 9.88 Å². The zero-order valence-electron chi connectivity index (χ0n) is 9.51. The molecule has 0 aliphatic carbocycles. The SMILES string of the molecule is Cc1nc(-c2cc3ccccc3s2)sc1C(=O)O. The maximum atomic E-state index is 11.0. The van der Waals surface area contributed by atoms with E-state index in [-0.39, 0.29) is 0 Å². The molecule has 0 fully saturated rings. The van der Waals surface area contributed by atoms with Gasteiger partial charge in [-0.15, -0.1) is 22.7 Å². The average Bonchev–Trinajstić information content (AvgIpc) is 2.91. The maximum absolute atomic E-state index is 11.0. The first-order chi connectivity index (χ1) is 8.65. The fourth-order valence-electron chi connectivity index (χ4n) is 1.79. The fourth-order valence-corrected chi connectivity index (χ4v) is 3.80. The molecule has 3 nitrogen and oxygen atoms in total. The summed E-state index contributed by atoms with van der Waals surface area (Å²) in [6.45, 7) is 1.73. The molecule has 0 aliphatic rings. The van der Waals surface area contributed by atoms with Crippen molar-refractivity contribution < 1.29 is 9.90 Å². The highest BCUT2D eigenvalue weighted by Crippen LogP contribution is 2.36. The second kappa shape index (κ2) is 4.19. The van der Waals surface area contributed by atoms with Gasteiger partial charge in [-0.2, -0.15) is 0 Å². The predicted octanol–water partition coefficient (Wildman–Crippen LogP) is 4.03. The Morgan fingerprint density at radius 3 is 2.72 bits per heavy atom. The molecule has 1 aromatic carbocycles. The Kier molecular flexibility index (Phi) is 2.65. The third-order valence-electron chi connectivity index (χ3n) is 2.63. The number of benzene rings is 1. The van der Waals surface area contributed by atoms with Gasteiger partial charge in [0.15, 0.2) is 0 Å². The number of carboxylic acids is 1. The van der Waals surface area contributed by atoms with Crippen LogP contribution in [0.1, 0.15) is 15.4 Å². The van der Waals surface area contributed by atoms with Gasteiger partial charge >= 0.3 is 5.97 Å². The van der Waals surface area contributed by atoms with E-state index in [0.717, 1.165) is 9.88 Å². The molecular weight excluding hydrogens is 266 g/mol. The Bertz CT molecular complexity index is 709. The summed E-state index contributed by atoms with van der Waals surface area (Å²) < 4.78 is 1.19. The zero-order chi connectivity index (χ0) is 12.7. The van der Waals surface area contributed by atoms with Gasteiger partial charge in [0.25, 0.3) is 0 Å². The Hall–Kier alpha value is -1.72. The van der Waals surface area contributed by atoms with Gasteiger partial charge in [-0.1, -0.05) is 18.2 Å². The van der Waals surface area contributed by atoms with E-state index in [9.17, 15) is 4.79 Å². The van der Waals surface area contributed by atoms with Crippen LogP contribution in [0.4, 0.5) is 0 Å². The van der Waals surface area contributed by atoms with Crippen LogP contribution in [0.25, 0.3) is 20.0 Å². The largest absolute Gasteiger partial charge is 0.477 e. The quantitative estimate of drug-likeness (QED) is 0.768. The van der Waals surface area contributed by atoms with E-state index >= 15 is 0 Å². The van der Waals surface area contributed by atoms with E-state index in [4.69, 9.17) is 5.11 Å². The number of aromatic carboxylic acids is 1. The maximum Gasteiger partial charge on any atom is 0.347 e. The van der Waals surface area contributed by atoms with Gasteiger partial charge in [-0.3, -0.25) is 0 Å². The molecule has 0 saturated carbocycles. The van der Waals surface area contributed by atoms with Gasteiger partial charge in [0.1, 0.15) is 9.88 Å². The first-order valence-electron chi connectivity index (χ1n) is 5.35. The van der Waals surface area contributed by atoms with Gasteiger partial charge < -0.3 is 5.11 Å². The van der Waals surface area contributed by atoms with Crippen LogP contribution >= 0.6 is 22.7 Å². The van der Waals surface area contributed by atoms with Crippen molar-refractivity contribution in [2.45, 2.75) is 6.92 Å². The molecule has 2 aromatic heterocycles. The molecule has 3 aromatic rings. The van der Waals surface area contributed by atoms with Crippen molar-refractivity contribution in [3.63, 3.8) is 0 Å². The van der Waals surface area contributed by atoms with E-state index in [2.05, 4.69) is 17.1 Å². The molecule has 90 valence electrons. The number of hydrogen-bond acceptors (Lipinski definition) is 4. The molecule has 0 bridgehead atoms. The Labute approximate surface area is 111 Å². The standard InChI is InChI=1S/C13H9NO2S2/c1-7-11(13(15)16)18-12(14-7)10-6-8-4-2-3-5-9(8)17-10/h2-6H,1H3,(H,15,16). The molecule has 0 aliphatic heterocycles. The normalized spacial score (nSPS) is 10.9. The molecule has 1 N–H and O–H groups in total. The highest BCUT2D eigenvalue weighted by molar-refractivity contribution is 7.26.